The molecule has 1 N–H and O–H groups in total. The van der Waals surface area contributed by atoms with Crippen molar-refractivity contribution in [3.8, 4) is 0 Å². The summed E-state index contributed by atoms with van der Waals surface area (Å²) in [6.07, 6.45) is 2.77. The van der Waals surface area contributed by atoms with E-state index in [9.17, 15) is 13.2 Å². The minimum absolute atomic E-state index is 0.0286. The number of aryl methyl sites for hydroxylation is 2. The smallest absolute Gasteiger partial charge is 0.255 e. The van der Waals surface area contributed by atoms with E-state index in [2.05, 4.69) is 35.2 Å². The molecule has 8 heteroatoms. The molecule has 0 spiro atoms. The Morgan fingerprint density at radius 2 is 1.68 bits per heavy atom. The summed E-state index contributed by atoms with van der Waals surface area (Å²) in [6, 6.07) is 10.8. The molecule has 0 aliphatic carbocycles. The lowest BCUT2D eigenvalue weighted by molar-refractivity contribution is 0.102. The number of carbonyl (C=O) groups excluding carboxylic acids is 1. The van der Waals surface area contributed by atoms with Gasteiger partial charge in [0.25, 0.3) is 5.91 Å². The number of nitrogens with one attached hydrogen (secondary N) is 1. The summed E-state index contributed by atoms with van der Waals surface area (Å²) in [7, 11) is -1.50. The first-order valence-corrected chi connectivity index (χ1v) is 13.6. The fraction of sp³-hybridized carbons (Fsp3) is 0.500. The number of sulfonamides is 1. The summed E-state index contributed by atoms with van der Waals surface area (Å²) < 4.78 is 28.1. The van der Waals surface area contributed by atoms with Gasteiger partial charge in [0.05, 0.1) is 4.90 Å². The van der Waals surface area contributed by atoms with Gasteiger partial charge in [0, 0.05) is 55.7 Å². The number of hydrogen-bond donors (Lipinski definition) is 1. The van der Waals surface area contributed by atoms with Crippen LogP contribution in [0.15, 0.2) is 41.3 Å². The van der Waals surface area contributed by atoms with E-state index in [1.165, 1.54) is 11.8 Å². The van der Waals surface area contributed by atoms with Crippen molar-refractivity contribution >= 4 is 27.3 Å². The van der Waals surface area contributed by atoms with E-state index in [1.54, 1.807) is 16.4 Å². The molecule has 1 unspecified atom stereocenters. The second-order valence-electron chi connectivity index (χ2n) is 9.68. The molecule has 2 fully saturated rings. The molecule has 0 aromatic heterocycles. The zero-order chi connectivity index (χ0) is 24.5. The molecule has 4 rings (SSSR count). The van der Waals surface area contributed by atoms with Crippen molar-refractivity contribution in [2.75, 3.05) is 50.0 Å². The number of piperidine rings is 1. The van der Waals surface area contributed by atoms with Crippen molar-refractivity contribution in [1.29, 1.82) is 0 Å². The normalized spacial score (nSPS) is 20.4. The number of rotatable bonds is 5. The Bertz CT molecular complexity index is 1160. The number of nitrogens with zero attached hydrogens (tertiary/aromatic N) is 3. The van der Waals surface area contributed by atoms with Crippen LogP contribution in [-0.2, 0) is 10.0 Å². The molecule has 2 aliphatic heterocycles. The highest BCUT2D eigenvalue weighted by atomic mass is 32.2. The largest absolute Gasteiger partial charge is 0.369 e. The van der Waals surface area contributed by atoms with Gasteiger partial charge in [0.1, 0.15) is 0 Å². The number of hydrogen-bond acceptors (Lipinski definition) is 5. The Kier molecular flexibility index (Phi) is 7.31. The number of likely N-dealkylation sites (N-methyl/N-ethyl adjacent to an activating group) is 1. The van der Waals surface area contributed by atoms with E-state index in [4.69, 9.17) is 0 Å². The van der Waals surface area contributed by atoms with Gasteiger partial charge in [0.2, 0.25) is 10.0 Å². The van der Waals surface area contributed by atoms with Crippen LogP contribution in [0.3, 0.4) is 0 Å². The van der Waals surface area contributed by atoms with Crippen molar-refractivity contribution in [3.05, 3.63) is 53.1 Å². The Balaban J connectivity index is 1.53. The van der Waals surface area contributed by atoms with Gasteiger partial charge in [-0.15, -0.1) is 0 Å². The third-order valence-corrected chi connectivity index (χ3v) is 9.11. The molecule has 0 radical (unpaired) electrons. The average molecular weight is 485 g/mol. The van der Waals surface area contributed by atoms with Crippen LogP contribution in [0.1, 0.15) is 47.7 Å². The van der Waals surface area contributed by atoms with E-state index in [0.717, 1.165) is 56.6 Å². The standard InChI is InChI=1S/C26H36N4O3S/c1-19-8-10-23(34(32,33)30-12-6-5-7-21(30)3)18-24(19)26(31)27-22-9-11-25(20(2)17-22)29-15-13-28(4)14-16-29/h8-11,17-18,21H,5-7,12-16H2,1-4H3,(H,27,31). The van der Waals surface area contributed by atoms with E-state index in [-0.39, 0.29) is 16.8 Å². The fourth-order valence-corrected chi connectivity index (χ4v) is 6.63. The first kappa shape index (κ1) is 24.7. The van der Waals surface area contributed by atoms with Gasteiger partial charge in [-0.25, -0.2) is 8.42 Å². The predicted octanol–water partition coefficient (Wildman–Crippen LogP) is 3.87. The zero-order valence-electron chi connectivity index (χ0n) is 20.7. The molecule has 1 amide bonds. The first-order valence-electron chi connectivity index (χ1n) is 12.1. The maximum Gasteiger partial charge on any atom is 0.255 e. The third kappa shape index (κ3) is 5.14. The van der Waals surface area contributed by atoms with Crippen molar-refractivity contribution in [2.24, 2.45) is 0 Å². The Labute approximate surface area is 203 Å². The number of anilines is 2. The average Bonchev–Trinajstić information content (AvgIpc) is 2.80. The van der Waals surface area contributed by atoms with Crippen LogP contribution in [0, 0.1) is 13.8 Å². The molecule has 0 saturated carbocycles. The lowest BCUT2D eigenvalue weighted by Gasteiger charge is -2.35. The van der Waals surface area contributed by atoms with E-state index < -0.39 is 10.0 Å². The van der Waals surface area contributed by atoms with Crippen molar-refractivity contribution in [3.63, 3.8) is 0 Å². The van der Waals surface area contributed by atoms with Gasteiger partial charge < -0.3 is 15.1 Å². The maximum atomic E-state index is 13.3. The van der Waals surface area contributed by atoms with Gasteiger partial charge in [0.15, 0.2) is 0 Å². The molecule has 7 nitrogen and oxygen atoms in total. The van der Waals surface area contributed by atoms with Gasteiger partial charge in [-0.3, -0.25) is 4.79 Å². The second-order valence-corrected chi connectivity index (χ2v) is 11.6. The number of carbonyl (C=O) groups is 1. The van der Waals surface area contributed by atoms with E-state index in [1.807, 2.05) is 26.0 Å². The fourth-order valence-electron chi connectivity index (χ4n) is 4.90. The minimum atomic E-state index is -3.64. The maximum absolute atomic E-state index is 13.3. The Morgan fingerprint density at radius 1 is 0.941 bits per heavy atom. The second kappa shape index (κ2) is 10.1. The molecular weight excluding hydrogens is 448 g/mol. The van der Waals surface area contributed by atoms with Crippen LogP contribution in [0.25, 0.3) is 0 Å². The molecule has 34 heavy (non-hydrogen) atoms. The molecule has 2 aromatic rings. The Morgan fingerprint density at radius 3 is 2.35 bits per heavy atom. The molecule has 2 aromatic carbocycles. The van der Waals surface area contributed by atoms with Crippen LogP contribution in [0.2, 0.25) is 0 Å². The number of piperazine rings is 1. The van der Waals surface area contributed by atoms with Crippen molar-refractivity contribution in [1.82, 2.24) is 9.21 Å². The molecule has 2 heterocycles. The highest BCUT2D eigenvalue weighted by Crippen LogP contribution is 2.28. The van der Waals surface area contributed by atoms with Crippen molar-refractivity contribution < 1.29 is 13.2 Å². The van der Waals surface area contributed by atoms with Gasteiger partial charge in [-0.05, 0) is 82.1 Å². The van der Waals surface area contributed by atoms with E-state index in [0.29, 0.717) is 17.8 Å². The zero-order valence-corrected chi connectivity index (χ0v) is 21.5. The predicted molar refractivity (Wildman–Crippen MR) is 137 cm³/mol. The highest BCUT2D eigenvalue weighted by molar-refractivity contribution is 7.89. The first-order chi connectivity index (χ1) is 16.2. The number of amides is 1. The van der Waals surface area contributed by atoms with Crippen LogP contribution in [0.5, 0.6) is 0 Å². The van der Waals surface area contributed by atoms with Crippen LogP contribution < -0.4 is 10.2 Å². The third-order valence-electron chi connectivity index (χ3n) is 7.10. The van der Waals surface area contributed by atoms with Gasteiger partial charge >= 0.3 is 0 Å². The van der Waals surface area contributed by atoms with Gasteiger partial charge in [-0.2, -0.15) is 4.31 Å². The summed E-state index contributed by atoms with van der Waals surface area (Å²) in [5.41, 5.74) is 4.12. The molecular formula is C26H36N4O3S. The van der Waals surface area contributed by atoms with Crippen molar-refractivity contribution in [2.45, 2.75) is 51.0 Å². The summed E-state index contributed by atoms with van der Waals surface area (Å²) in [4.78, 5) is 18.0. The van der Waals surface area contributed by atoms with Crippen LogP contribution in [-0.4, -0.2) is 69.3 Å². The topological polar surface area (TPSA) is 73.0 Å². The summed E-state index contributed by atoms with van der Waals surface area (Å²) in [5, 5.41) is 2.97. The molecule has 1 atom stereocenters. The molecule has 2 saturated heterocycles. The minimum Gasteiger partial charge on any atom is -0.369 e. The summed E-state index contributed by atoms with van der Waals surface area (Å²) >= 11 is 0. The lowest BCUT2D eigenvalue weighted by atomic mass is 10.1. The Hall–Kier alpha value is -2.42. The van der Waals surface area contributed by atoms with Crippen LogP contribution >= 0.6 is 0 Å². The summed E-state index contributed by atoms with van der Waals surface area (Å²) in [5.74, 6) is -0.298. The highest BCUT2D eigenvalue weighted by Gasteiger charge is 2.31. The molecule has 2 aliphatic rings. The monoisotopic (exact) mass is 484 g/mol. The number of benzene rings is 2. The van der Waals surface area contributed by atoms with Gasteiger partial charge in [-0.1, -0.05) is 12.5 Å². The van der Waals surface area contributed by atoms with Crippen LogP contribution in [0.4, 0.5) is 11.4 Å². The summed E-state index contributed by atoms with van der Waals surface area (Å²) in [6.45, 7) is 10.4. The molecule has 184 valence electrons. The quantitative estimate of drug-likeness (QED) is 0.698. The lowest BCUT2D eigenvalue weighted by Crippen LogP contribution is -2.44. The molecule has 0 bridgehead atoms. The van der Waals surface area contributed by atoms with E-state index >= 15 is 0 Å². The SMILES string of the molecule is Cc1ccc(S(=O)(=O)N2CCCCC2C)cc1C(=O)Nc1ccc(N2CCN(C)CC2)c(C)c1.